The van der Waals surface area contributed by atoms with Crippen molar-refractivity contribution in [2.24, 2.45) is 0 Å². The minimum Gasteiger partial charge on any atom is -0.399 e. The second kappa shape index (κ2) is 5.95. The summed E-state index contributed by atoms with van der Waals surface area (Å²) in [5, 5.41) is 0.930. The minimum atomic E-state index is -1.20. The molecule has 0 amide bonds. The molecule has 19 heavy (non-hydrogen) atoms. The molecule has 0 aliphatic rings. The number of halogens is 2. The van der Waals surface area contributed by atoms with Crippen LogP contribution < -0.4 is 5.73 Å². The van der Waals surface area contributed by atoms with E-state index in [1.54, 1.807) is 24.3 Å². The van der Waals surface area contributed by atoms with Crippen LogP contribution in [-0.4, -0.2) is 4.21 Å². The summed E-state index contributed by atoms with van der Waals surface area (Å²) in [4.78, 5) is 0.732. The molecule has 0 aliphatic carbocycles. The third-order valence-electron chi connectivity index (χ3n) is 2.78. The Balaban J connectivity index is 2.31. The number of anilines is 1. The van der Waals surface area contributed by atoms with Gasteiger partial charge < -0.3 is 5.73 Å². The van der Waals surface area contributed by atoms with E-state index in [1.807, 2.05) is 19.1 Å². The molecule has 2 nitrogen and oxygen atoms in total. The number of benzene rings is 2. The Labute approximate surface area is 125 Å². The van der Waals surface area contributed by atoms with Crippen LogP contribution in [0.4, 0.5) is 5.69 Å². The Morgan fingerprint density at radius 3 is 2.68 bits per heavy atom. The summed E-state index contributed by atoms with van der Waals surface area (Å²) in [6.45, 7) is 1.91. The Morgan fingerprint density at radius 2 is 1.95 bits per heavy atom. The molecule has 1 unspecified atom stereocenters. The molecule has 0 saturated carbocycles. The molecule has 0 spiro atoms. The standard InChI is InChI=1S/C14H13Cl2NOS/c1-9-5-6-11(17)7-13(9)19(18)8-10-3-2-4-12(15)14(10)16/h2-7H,8,17H2,1H3. The van der Waals surface area contributed by atoms with Crippen molar-refractivity contribution in [3.63, 3.8) is 0 Å². The van der Waals surface area contributed by atoms with Crippen molar-refractivity contribution in [1.82, 2.24) is 0 Å². The van der Waals surface area contributed by atoms with Crippen LogP contribution >= 0.6 is 23.2 Å². The summed E-state index contributed by atoms with van der Waals surface area (Å²) in [7, 11) is -1.20. The number of nitrogens with two attached hydrogens (primary N) is 1. The van der Waals surface area contributed by atoms with Gasteiger partial charge in [-0.2, -0.15) is 0 Å². The molecule has 0 bridgehead atoms. The van der Waals surface area contributed by atoms with Gasteiger partial charge in [-0.3, -0.25) is 4.21 Å². The summed E-state index contributed by atoms with van der Waals surface area (Å²) in [5.41, 5.74) is 8.06. The Bertz CT molecular complexity index is 643. The van der Waals surface area contributed by atoms with E-state index in [2.05, 4.69) is 0 Å². The van der Waals surface area contributed by atoms with E-state index in [-0.39, 0.29) is 0 Å². The molecule has 2 N–H and O–H groups in total. The zero-order chi connectivity index (χ0) is 14.0. The monoisotopic (exact) mass is 313 g/mol. The van der Waals surface area contributed by atoms with Crippen molar-refractivity contribution in [1.29, 1.82) is 0 Å². The summed E-state index contributed by atoms with van der Waals surface area (Å²) in [5.74, 6) is 0.323. The van der Waals surface area contributed by atoms with E-state index in [0.717, 1.165) is 16.0 Å². The topological polar surface area (TPSA) is 43.1 Å². The molecule has 0 radical (unpaired) electrons. The van der Waals surface area contributed by atoms with Crippen LogP contribution in [0.5, 0.6) is 0 Å². The lowest BCUT2D eigenvalue weighted by Crippen LogP contribution is -2.01. The third-order valence-corrected chi connectivity index (χ3v) is 5.14. The second-order valence-corrected chi connectivity index (χ2v) is 6.43. The van der Waals surface area contributed by atoms with Crippen molar-refractivity contribution in [3.8, 4) is 0 Å². The van der Waals surface area contributed by atoms with E-state index >= 15 is 0 Å². The fourth-order valence-corrected chi connectivity index (χ4v) is 3.58. The molecule has 2 rings (SSSR count). The third kappa shape index (κ3) is 3.30. The van der Waals surface area contributed by atoms with Gasteiger partial charge in [0.25, 0.3) is 0 Å². The first-order chi connectivity index (χ1) is 8.99. The Kier molecular flexibility index (Phi) is 4.50. The molecule has 5 heteroatoms. The van der Waals surface area contributed by atoms with Gasteiger partial charge in [0.15, 0.2) is 0 Å². The predicted octanol–water partition coefficient (Wildman–Crippen LogP) is 4.19. The lowest BCUT2D eigenvalue weighted by Gasteiger charge is -2.09. The zero-order valence-electron chi connectivity index (χ0n) is 10.3. The van der Waals surface area contributed by atoms with E-state index in [0.29, 0.717) is 21.5 Å². The SMILES string of the molecule is Cc1ccc(N)cc1S(=O)Cc1cccc(Cl)c1Cl. The normalized spacial score (nSPS) is 12.4. The summed E-state index contributed by atoms with van der Waals surface area (Å²) >= 11 is 12.1. The molecule has 2 aromatic rings. The van der Waals surface area contributed by atoms with Crippen molar-refractivity contribution in [2.45, 2.75) is 17.6 Å². The summed E-state index contributed by atoms with van der Waals surface area (Å²) in [6.07, 6.45) is 0. The number of nitrogen functional groups attached to an aromatic ring is 1. The molecule has 0 aliphatic heterocycles. The molecule has 100 valence electrons. The molecule has 0 saturated heterocycles. The van der Waals surface area contributed by atoms with Crippen molar-refractivity contribution < 1.29 is 4.21 Å². The first kappa shape index (κ1) is 14.4. The maximum atomic E-state index is 12.4. The van der Waals surface area contributed by atoms with Crippen molar-refractivity contribution in [3.05, 3.63) is 57.6 Å². The van der Waals surface area contributed by atoms with Gasteiger partial charge in [-0.05, 0) is 36.2 Å². The quantitative estimate of drug-likeness (QED) is 0.863. The lowest BCUT2D eigenvalue weighted by atomic mass is 10.2. The predicted molar refractivity (Wildman–Crippen MR) is 82.2 cm³/mol. The first-order valence-corrected chi connectivity index (χ1v) is 7.74. The van der Waals surface area contributed by atoms with E-state index < -0.39 is 10.8 Å². The smallest absolute Gasteiger partial charge is 0.0633 e. The highest BCUT2D eigenvalue weighted by Crippen LogP contribution is 2.28. The Morgan fingerprint density at radius 1 is 1.21 bits per heavy atom. The number of aryl methyl sites for hydroxylation is 1. The number of hydrogen-bond acceptors (Lipinski definition) is 2. The van der Waals surface area contributed by atoms with Gasteiger partial charge in [0.1, 0.15) is 0 Å². The fourth-order valence-electron chi connectivity index (χ4n) is 1.74. The van der Waals surface area contributed by atoms with Gasteiger partial charge in [0.05, 0.1) is 26.6 Å². The second-order valence-electron chi connectivity index (χ2n) is 4.23. The molecule has 1 atom stereocenters. The molecular weight excluding hydrogens is 301 g/mol. The van der Waals surface area contributed by atoms with Crippen molar-refractivity contribution in [2.75, 3.05) is 5.73 Å². The average Bonchev–Trinajstić information content (AvgIpc) is 2.38. The highest BCUT2D eigenvalue weighted by Gasteiger charge is 2.12. The molecule has 0 heterocycles. The fraction of sp³-hybridized carbons (Fsp3) is 0.143. The minimum absolute atomic E-state index is 0.323. The maximum Gasteiger partial charge on any atom is 0.0633 e. The van der Waals surface area contributed by atoms with Gasteiger partial charge >= 0.3 is 0 Å². The van der Waals surface area contributed by atoms with Gasteiger partial charge in [-0.15, -0.1) is 0 Å². The van der Waals surface area contributed by atoms with Crippen molar-refractivity contribution >= 4 is 39.7 Å². The van der Waals surface area contributed by atoms with Crippen LogP contribution in [0.25, 0.3) is 0 Å². The molecule has 0 aromatic heterocycles. The van der Waals surface area contributed by atoms with Gasteiger partial charge in [0.2, 0.25) is 0 Å². The van der Waals surface area contributed by atoms with Gasteiger partial charge in [-0.1, -0.05) is 41.4 Å². The van der Waals surface area contributed by atoms with Crippen LogP contribution in [0.15, 0.2) is 41.3 Å². The van der Waals surface area contributed by atoms with Crippen LogP contribution in [-0.2, 0) is 16.6 Å². The average molecular weight is 314 g/mol. The number of rotatable bonds is 3. The molecule has 0 fully saturated rings. The summed E-state index contributed by atoms with van der Waals surface area (Å²) < 4.78 is 12.4. The highest BCUT2D eigenvalue weighted by molar-refractivity contribution is 7.84. The summed E-state index contributed by atoms with van der Waals surface area (Å²) in [6, 6.07) is 10.7. The van der Waals surface area contributed by atoms with Gasteiger partial charge in [0, 0.05) is 10.6 Å². The maximum absolute atomic E-state index is 12.4. The Hall–Kier alpha value is -1.03. The van der Waals surface area contributed by atoms with E-state index in [4.69, 9.17) is 28.9 Å². The zero-order valence-corrected chi connectivity index (χ0v) is 12.6. The van der Waals surface area contributed by atoms with Gasteiger partial charge in [-0.25, -0.2) is 0 Å². The first-order valence-electron chi connectivity index (χ1n) is 5.66. The largest absolute Gasteiger partial charge is 0.399 e. The highest BCUT2D eigenvalue weighted by atomic mass is 35.5. The van der Waals surface area contributed by atoms with E-state index in [1.165, 1.54) is 0 Å². The number of hydrogen-bond donors (Lipinski definition) is 1. The van der Waals surface area contributed by atoms with Crippen LogP contribution in [0, 0.1) is 6.92 Å². The molecule has 2 aromatic carbocycles. The molecular formula is C14H13Cl2NOS. The van der Waals surface area contributed by atoms with Crippen LogP contribution in [0.2, 0.25) is 10.0 Å². The van der Waals surface area contributed by atoms with Crippen LogP contribution in [0.1, 0.15) is 11.1 Å². The van der Waals surface area contributed by atoms with E-state index in [9.17, 15) is 4.21 Å². The van der Waals surface area contributed by atoms with Crippen LogP contribution in [0.3, 0.4) is 0 Å². The lowest BCUT2D eigenvalue weighted by molar-refractivity contribution is 0.682.